The fraction of sp³-hybridized carbons (Fsp3) is 0.203. The lowest BCUT2D eigenvalue weighted by molar-refractivity contribution is -0.571. The van der Waals surface area contributed by atoms with E-state index in [0.29, 0.717) is 11.5 Å². The Bertz CT molecular complexity index is 3320. The van der Waals surface area contributed by atoms with E-state index >= 15 is 0 Å². The lowest BCUT2D eigenvalue weighted by Crippen LogP contribution is -2.34. The molecule has 0 amide bonds. The molecule has 0 aliphatic carbocycles. The summed E-state index contributed by atoms with van der Waals surface area (Å²) in [7, 11) is 0. The molecule has 6 heteroatoms. The number of imidazole rings is 1. The van der Waals surface area contributed by atoms with Crippen LogP contribution in [0, 0.1) is 6.33 Å². The van der Waals surface area contributed by atoms with Gasteiger partial charge in [0.15, 0.2) is 0 Å². The Labute approximate surface area is 382 Å². The van der Waals surface area contributed by atoms with Crippen molar-refractivity contribution in [2.24, 2.45) is 0 Å². The van der Waals surface area contributed by atoms with Gasteiger partial charge in [-0.15, -0.1) is 0 Å². The van der Waals surface area contributed by atoms with Crippen LogP contribution in [0.5, 0.6) is 11.5 Å². The SMILES string of the molecule is CC(C)(C)c1ccnc(-n2c3ccccc3c3ccc(Oc4cncc(-n5[c-][n+](-c6c(-c7ccccc7)c(C(C)(C)C)cc(C(C)(C)C)c6-c6ccccc6)c6ccccc65)c4)cc32)c1. The van der Waals surface area contributed by atoms with Crippen molar-refractivity contribution < 1.29 is 9.30 Å². The van der Waals surface area contributed by atoms with Crippen molar-refractivity contribution in [2.45, 2.75) is 78.6 Å². The maximum Gasteiger partial charge on any atom is 0.269 e. The Kier molecular flexibility index (Phi) is 10.1. The number of ether oxygens (including phenoxy) is 1. The highest BCUT2D eigenvalue weighted by Gasteiger charge is 2.32. The normalized spacial score (nSPS) is 12.4. The van der Waals surface area contributed by atoms with Gasteiger partial charge in [-0.1, -0.05) is 172 Å². The molecule has 65 heavy (non-hydrogen) atoms. The molecule has 10 rings (SSSR count). The summed E-state index contributed by atoms with van der Waals surface area (Å²) in [5, 5.41) is 2.30. The topological polar surface area (TPSA) is 48.8 Å². The zero-order valence-corrected chi connectivity index (χ0v) is 38.8. The van der Waals surface area contributed by atoms with E-state index in [0.717, 1.165) is 61.2 Å². The van der Waals surface area contributed by atoms with Crippen LogP contribution in [0.4, 0.5) is 0 Å². The Hall–Kier alpha value is -7.31. The molecule has 6 aromatic carbocycles. The molecule has 0 aliphatic heterocycles. The largest absolute Gasteiger partial charge is 0.456 e. The summed E-state index contributed by atoms with van der Waals surface area (Å²) in [6.45, 7) is 20.6. The first-order valence-electron chi connectivity index (χ1n) is 22.6. The molecule has 6 nitrogen and oxygen atoms in total. The first-order chi connectivity index (χ1) is 31.1. The molecule has 0 N–H and O–H groups in total. The van der Waals surface area contributed by atoms with Crippen LogP contribution in [0.2, 0.25) is 0 Å². The summed E-state index contributed by atoms with van der Waals surface area (Å²) in [6.07, 6.45) is 9.48. The fourth-order valence-electron chi connectivity index (χ4n) is 9.28. The number of benzene rings is 6. The van der Waals surface area contributed by atoms with Crippen LogP contribution >= 0.6 is 0 Å². The van der Waals surface area contributed by atoms with E-state index < -0.39 is 0 Å². The first-order valence-corrected chi connectivity index (χ1v) is 22.6. The second kappa shape index (κ2) is 15.7. The third kappa shape index (κ3) is 7.57. The summed E-state index contributed by atoms with van der Waals surface area (Å²) >= 11 is 0. The van der Waals surface area contributed by atoms with Gasteiger partial charge >= 0.3 is 0 Å². The van der Waals surface area contributed by atoms with Crippen molar-refractivity contribution in [1.29, 1.82) is 0 Å². The molecule has 0 fully saturated rings. The van der Waals surface area contributed by atoms with E-state index in [1.165, 1.54) is 27.8 Å². The highest BCUT2D eigenvalue weighted by atomic mass is 16.5. The average Bonchev–Trinajstić information content (AvgIpc) is 3.84. The standard InChI is InChI=1S/C59H55N5O/c1-57(2,3)41-30-31-61-53(32-41)64-49-25-17-16-24-45(49)46-29-28-43(34-52(46)64)65-44-33-42(36-60-37-44)62-38-63(51-27-19-18-26-50(51)62)56-54(39-20-12-10-13-21-39)47(58(4,5)6)35-48(59(7,8)9)55(56)40-22-14-11-15-23-40/h10-37H,1-9H3. The number of pyridine rings is 2. The summed E-state index contributed by atoms with van der Waals surface area (Å²) in [4.78, 5) is 9.66. The van der Waals surface area contributed by atoms with Crippen molar-refractivity contribution >= 4 is 32.8 Å². The number of hydrogen-bond acceptors (Lipinski definition) is 3. The van der Waals surface area contributed by atoms with Crippen LogP contribution in [0.25, 0.3) is 72.3 Å². The third-order valence-corrected chi connectivity index (χ3v) is 12.5. The minimum absolute atomic E-state index is 0.0231. The minimum Gasteiger partial charge on any atom is -0.456 e. The molecule has 4 aromatic heterocycles. The number of rotatable bonds is 7. The van der Waals surface area contributed by atoms with Gasteiger partial charge in [0, 0.05) is 29.2 Å². The van der Waals surface area contributed by atoms with Crippen molar-refractivity contribution in [3.8, 4) is 50.9 Å². The quantitative estimate of drug-likeness (QED) is 0.119. The van der Waals surface area contributed by atoms with Gasteiger partial charge in [-0.2, -0.15) is 0 Å². The summed E-state index contributed by atoms with van der Waals surface area (Å²) in [5.74, 6) is 2.20. The van der Waals surface area contributed by atoms with Gasteiger partial charge in [-0.25, -0.2) is 4.98 Å². The van der Waals surface area contributed by atoms with Gasteiger partial charge in [0.25, 0.3) is 6.33 Å². The molecule has 0 aliphatic rings. The Balaban J connectivity index is 1.15. The molecule has 0 radical (unpaired) electrons. The highest BCUT2D eigenvalue weighted by molar-refractivity contribution is 6.09. The van der Waals surface area contributed by atoms with Crippen LogP contribution in [-0.4, -0.2) is 19.1 Å². The van der Waals surface area contributed by atoms with Crippen LogP contribution in [0.15, 0.2) is 170 Å². The number of para-hydroxylation sites is 3. The van der Waals surface area contributed by atoms with E-state index in [1.54, 1.807) is 6.20 Å². The molecule has 0 bridgehead atoms. The molecule has 0 atom stereocenters. The van der Waals surface area contributed by atoms with Crippen molar-refractivity contribution in [2.75, 3.05) is 0 Å². The van der Waals surface area contributed by atoms with E-state index in [4.69, 9.17) is 14.7 Å². The minimum atomic E-state index is -0.173. The molecular weight excluding hydrogens is 795 g/mol. The first kappa shape index (κ1) is 41.7. The number of nitrogens with zero attached hydrogens (tertiary/aromatic N) is 5. The number of fused-ring (bicyclic) bond motifs is 4. The van der Waals surface area contributed by atoms with Crippen LogP contribution in [-0.2, 0) is 16.2 Å². The van der Waals surface area contributed by atoms with E-state index in [2.05, 4.69) is 228 Å². The smallest absolute Gasteiger partial charge is 0.269 e. The van der Waals surface area contributed by atoms with Gasteiger partial charge in [0.1, 0.15) is 17.3 Å². The lowest BCUT2D eigenvalue weighted by Gasteiger charge is -2.33. The number of hydrogen-bond donors (Lipinski definition) is 0. The third-order valence-electron chi connectivity index (χ3n) is 12.5. The Morgan fingerprint density at radius 3 is 1.77 bits per heavy atom. The van der Waals surface area contributed by atoms with Crippen molar-refractivity contribution in [3.05, 3.63) is 193 Å². The molecule has 0 saturated heterocycles. The van der Waals surface area contributed by atoms with Crippen LogP contribution in [0.1, 0.15) is 79.0 Å². The summed E-state index contributed by atoms with van der Waals surface area (Å²) in [5.41, 5.74) is 14.2. The molecule has 10 aromatic rings. The van der Waals surface area contributed by atoms with Gasteiger partial charge < -0.3 is 4.74 Å². The van der Waals surface area contributed by atoms with Gasteiger partial charge in [-0.05, 0) is 91.6 Å². The predicted molar refractivity (Wildman–Crippen MR) is 267 cm³/mol. The fourth-order valence-corrected chi connectivity index (χ4v) is 9.28. The van der Waals surface area contributed by atoms with Crippen molar-refractivity contribution in [1.82, 2.24) is 19.1 Å². The van der Waals surface area contributed by atoms with Crippen LogP contribution < -0.4 is 9.30 Å². The monoisotopic (exact) mass is 849 g/mol. The second-order valence-corrected chi connectivity index (χ2v) is 20.2. The molecule has 0 saturated carbocycles. The number of aromatic nitrogens is 5. The maximum absolute atomic E-state index is 6.75. The predicted octanol–water partition coefficient (Wildman–Crippen LogP) is 14.6. The van der Waals surface area contributed by atoms with Gasteiger partial charge in [-0.3, -0.25) is 18.7 Å². The van der Waals surface area contributed by atoms with Crippen LogP contribution in [0.3, 0.4) is 0 Å². The lowest BCUT2D eigenvalue weighted by atomic mass is 9.73. The molecule has 0 spiro atoms. The highest BCUT2D eigenvalue weighted by Crippen LogP contribution is 2.46. The van der Waals surface area contributed by atoms with Gasteiger partial charge in [0.2, 0.25) is 0 Å². The molecule has 322 valence electrons. The molecular formula is C59H55N5O. The van der Waals surface area contributed by atoms with E-state index in [-0.39, 0.29) is 16.2 Å². The Morgan fingerprint density at radius 2 is 1.12 bits per heavy atom. The summed E-state index contributed by atoms with van der Waals surface area (Å²) in [6, 6.07) is 53.9. The zero-order chi connectivity index (χ0) is 45.3. The maximum atomic E-state index is 6.75. The van der Waals surface area contributed by atoms with Gasteiger partial charge in [0.05, 0.1) is 39.6 Å². The average molecular weight is 850 g/mol. The molecule has 4 heterocycles. The zero-order valence-electron chi connectivity index (χ0n) is 38.8. The van der Waals surface area contributed by atoms with Crippen molar-refractivity contribution in [3.63, 3.8) is 0 Å². The Morgan fingerprint density at radius 1 is 0.523 bits per heavy atom. The summed E-state index contributed by atoms with van der Waals surface area (Å²) < 4.78 is 13.4. The van der Waals surface area contributed by atoms with E-state index in [9.17, 15) is 0 Å². The van der Waals surface area contributed by atoms with E-state index in [1.807, 2.05) is 18.5 Å². The second-order valence-electron chi connectivity index (χ2n) is 20.2. The molecule has 0 unspecified atom stereocenters.